The number of amides is 1. The van der Waals surface area contributed by atoms with Crippen molar-refractivity contribution in [1.82, 2.24) is 4.98 Å². The van der Waals surface area contributed by atoms with E-state index in [4.69, 9.17) is 17.3 Å². The van der Waals surface area contributed by atoms with E-state index in [0.29, 0.717) is 5.69 Å². The van der Waals surface area contributed by atoms with E-state index in [-0.39, 0.29) is 16.4 Å². The van der Waals surface area contributed by atoms with Crippen LogP contribution in [0, 0.1) is 5.82 Å². The number of nitrogens with two attached hydrogens (primary N) is 1. The minimum absolute atomic E-state index is 0.0444. The molecule has 1 heterocycles. The molecule has 1 aromatic heterocycles. The van der Waals surface area contributed by atoms with Gasteiger partial charge in [0.05, 0.1) is 22.5 Å². The Morgan fingerprint density at radius 2 is 2.11 bits per heavy atom. The molecule has 92 valence electrons. The molecule has 0 saturated carbocycles. The molecule has 0 fully saturated rings. The van der Waals surface area contributed by atoms with Crippen LogP contribution in [-0.4, -0.2) is 10.9 Å². The molecule has 6 heteroatoms. The van der Waals surface area contributed by atoms with Gasteiger partial charge >= 0.3 is 0 Å². The second-order valence-corrected chi connectivity index (χ2v) is 3.93. The molecule has 0 atom stereocenters. The van der Waals surface area contributed by atoms with E-state index in [0.717, 1.165) is 6.07 Å². The predicted molar refractivity (Wildman–Crippen MR) is 68.0 cm³/mol. The first-order valence-corrected chi connectivity index (χ1v) is 5.42. The summed E-state index contributed by atoms with van der Waals surface area (Å²) in [7, 11) is 0. The first kappa shape index (κ1) is 12.3. The predicted octanol–water partition coefficient (Wildman–Crippen LogP) is 2.71. The van der Waals surface area contributed by atoms with Gasteiger partial charge in [0.1, 0.15) is 11.6 Å². The molecule has 0 saturated heterocycles. The molecule has 0 unspecified atom stereocenters. The topological polar surface area (TPSA) is 68.0 Å². The van der Waals surface area contributed by atoms with Crippen LogP contribution < -0.4 is 11.1 Å². The third-order valence-electron chi connectivity index (χ3n) is 2.22. The van der Waals surface area contributed by atoms with Crippen molar-refractivity contribution in [2.24, 2.45) is 0 Å². The Hall–Kier alpha value is -2.14. The number of nitrogen functional groups attached to an aromatic ring is 1. The smallest absolute Gasteiger partial charge is 0.261 e. The molecule has 0 aliphatic carbocycles. The first-order valence-electron chi connectivity index (χ1n) is 5.05. The SMILES string of the molecule is Nc1ccc(NC(=O)c2c(F)cccc2Cl)nc1. The van der Waals surface area contributed by atoms with E-state index in [1.807, 2.05) is 0 Å². The number of halogens is 2. The molecule has 0 aliphatic rings. The number of nitrogens with zero attached hydrogens (tertiary/aromatic N) is 1. The van der Waals surface area contributed by atoms with Crippen LogP contribution in [0.25, 0.3) is 0 Å². The molecule has 0 aliphatic heterocycles. The monoisotopic (exact) mass is 265 g/mol. The van der Waals surface area contributed by atoms with Gasteiger partial charge in [-0.1, -0.05) is 17.7 Å². The second-order valence-electron chi connectivity index (χ2n) is 3.53. The summed E-state index contributed by atoms with van der Waals surface area (Å²) < 4.78 is 13.5. The third-order valence-corrected chi connectivity index (χ3v) is 2.53. The average Bonchev–Trinajstić information content (AvgIpc) is 2.32. The van der Waals surface area contributed by atoms with Crippen molar-refractivity contribution in [2.45, 2.75) is 0 Å². The van der Waals surface area contributed by atoms with Gasteiger partial charge in [-0.25, -0.2) is 9.37 Å². The highest BCUT2D eigenvalue weighted by Gasteiger charge is 2.15. The van der Waals surface area contributed by atoms with Gasteiger partial charge in [0, 0.05) is 0 Å². The Kier molecular flexibility index (Phi) is 3.43. The maximum atomic E-state index is 13.5. The molecule has 18 heavy (non-hydrogen) atoms. The third kappa shape index (κ3) is 2.57. The zero-order valence-corrected chi connectivity index (χ0v) is 9.91. The van der Waals surface area contributed by atoms with Crippen LogP contribution in [0.3, 0.4) is 0 Å². The fourth-order valence-electron chi connectivity index (χ4n) is 1.37. The lowest BCUT2D eigenvalue weighted by Crippen LogP contribution is -2.15. The van der Waals surface area contributed by atoms with Crippen molar-refractivity contribution in [1.29, 1.82) is 0 Å². The normalized spacial score (nSPS) is 10.1. The summed E-state index contributed by atoms with van der Waals surface area (Å²) in [5.74, 6) is -1.07. The minimum Gasteiger partial charge on any atom is -0.397 e. The van der Waals surface area contributed by atoms with Gasteiger partial charge in [-0.3, -0.25) is 4.79 Å². The van der Waals surface area contributed by atoms with Gasteiger partial charge in [0.15, 0.2) is 0 Å². The summed E-state index contributed by atoms with van der Waals surface area (Å²) >= 11 is 5.77. The maximum absolute atomic E-state index is 13.5. The van der Waals surface area contributed by atoms with Crippen molar-refractivity contribution < 1.29 is 9.18 Å². The molecule has 4 nitrogen and oxygen atoms in total. The Balaban J connectivity index is 2.25. The lowest BCUT2D eigenvalue weighted by atomic mass is 10.2. The molecule has 1 amide bonds. The van der Waals surface area contributed by atoms with Gasteiger partial charge in [0.25, 0.3) is 5.91 Å². The number of carbonyl (C=O) groups is 1. The largest absolute Gasteiger partial charge is 0.397 e. The van der Waals surface area contributed by atoms with Gasteiger partial charge in [-0.2, -0.15) is 0 Å². The second kappa shape index (κ2) is 5.01. The van der Waals surface area contributed by atoms with E-state index < -0.39 is 11.7 Å². The Morgan fingerprint density at radius 3 is 2.72 bits per heavy atom. The number of anilines is 2. The summed E-state index contributed by atoms with van der Waals surface area (Å²) in [5.41, 5.74) is 5.72. The lowest BCUT2D eigenvalue weighted by Gasteiger charge is -2.07. The standard InChI is InChI=1S/C12H9ClFN3O/c13-8-2-1-3-9(14)11(8)12(18)17-10-5-4-7(15)6-16-10/h1-6H,15H2,(H,16,17,18). The Labute approximate surface area is 108 Å². The maximum Gasteiger partial charge on any atom is 0.261 e. The van der Waals surface area contributed by atoms with Crippen molar-refractivity contribution in [2.75, 3.05) is 11.1 Å². The molecule has 3 N–H and O–H groups in total. The molecular weight excluding hydrogens is 257 g/mol. The van der Waals surface area contributed by atoms with Gasteiger partial charge in [0.2, 0.25) is 0 Å². The highest BCUT2D eigenvalue weighted by molar-refractivity contribution is 6.34. The van der Waals surface area contributed by atoms with E-state index in [9.17, 15) is 9.18 Å². The molecular formula is C12H9ClFN3O. The number of pyridine rings is 1. The molecule has 0 bridgehead atoms. The lowest BCUT2D eigenvalue weighted by molar-refractivity contribution is 0.102. The van der Waals surface area contributed by atoms with Gasteiger partial charge in [-0.05, 0) is 24.3 Å². The van der Waals surface area contributed by atoms with Crippen LogP contribution in [0.15, 0.2) is 36.5 Å². The van der Waals surface area contributed by atoms with E-state index in [1.165, 1.54) is 24.4 Å². The van der Waals surface area contributed by atoms with Crippen LogP contribution >= 0.6 is 11.6 Å². The first-order chi connectivity index (χ1) is 8.58. The van der Waals surface area contributed by atoms with E-state index in [1.54, 1.807) is 6.07 Å². The van der Waals surface area contributed by atoms with E-state index >= 15 is 0 Å². The molecule has 2 rings (SSSR count). The summed E-state index contributed by atoms with van der Waals surface area (Å²) in [6.07, 6.45) is 1.39. The zero-order chi connectivity index (χ0) is 13.1. The summed E-state index contributed by atoms with van der Waals surface area (Å²) in [6.45, 7) is 0. The number of benzene rings is 1. The molecule has 0 spiro atoms. The Morgan fingerprint density at radius 1 is 1.33 bits per heavy atom. The average molecular weight is 266 g/mol. The Bertz CT molecular complexity index is 566. The molecule has 1 aromatic carbocycles. The van der Waals surface area contributed by atoms with Crippen molar-refractivity contribution in [3.8, 4) is 0 Å². The summed E-state index contributed by atoms with van der Waals surface area (Å²) in [5, 5.41) is 2.48. The number of carbonyl (C=O) groups excluding carboxylic acids is 1. The fourth-order valence-corrected chi connectivity index (χ4v) is 1.62. The summed E-state index contributed by atoms with van der Waals surface area (Å²) in [4.78, 5) is 15.7. The van der Waals surface area contributed by atoms with Crippen LogP contribution in [0.5, 0.6) is 0 Å². The van der Waals surface area contributed by atoms with Crippen molar-refractivity contribution in [3.63, 3.8) is 0 Å². The number of aromatic nitrogens is 1. The molecule has 2 aromatic rings. The van der Waals surface area contributed by atoms with Crippen LogP contribution in [0.1, 0.15) is 10.4 Å². The zero-order valence-electron chi connectivity index (χ0n) is 9.15. The molecule has 0 radical (unpaired) electrons. The quantitative estimate of drug-likeness (QED) is 0.877. The number of rotatable bonds is 2. The van der Waals surface area contributed by atoms with Crippen LogP contribution in [0.2, 0.25) is 5.02 Å². The van der Waals surface area contributed by atoms with Crippen LogP contribution in [-0.2, 0) is 0 Å². The summed E-state index contributed by atoms with van der Waals surface area (Å²) in [6, 6.07) is 7.12. The van der Waals surface area contributed by atoms with Crippen molar-refractivity contribution >= 4 is 29.0 Å². The highest BCUT2D eigenvalue weighted by Crippen LogP contribution is 2.20. The number of hydrogen-bond donors (Lipinski definition) is 2. The van der Waals surface area contributed by atoms with Crippen LogP contribution in [0.4, 0.5) is 15.9 Å². The minimum atomic E-state index is -0.685. The fraction of sp³-hybridized carbons (Fsp3) is 0. The number of hydrogen-bond acceptors (Lipinski definition) is 3. The highest BCUT2D eigenvalue weighted by atomic mass is 35.5. The van der Waals surface area contributed by atoms with Crippen molar-refractivity contribution in [3.05, 3.63) is 52.9 Å². The van der Waals surface area contributed by atoms with Gasteiger partial charge in [-0.15, -0.1) is 0 Å². The number of nitrogens with one attached hydrogen (secondary N) is 1. The van der Waals surface area contributed by atoms with Gasteiger partial charge < -0.3 is 11.1 Å². The van der Waals surface area contributed by atoms with E-state index in [2.05, 4.69) is 10.3 Å².